The molecule has 2 unspecified atom stereocenters. The fourth-order valence-corrected chi connectivity index (χ4v) is 1.89. The van der Waals surface area contributed by atoms with E-state index in [1.54, 1.807) is 6.42 Å². The Morgan fingerprint density at radius 3 is 2.50 bits per heavy atom. The van der Waals surface area contributed by atoms with Crippen LogP contribution in [0.25, 0.3) is 0 Å². The van der Waals surface area contributed by atoms with Crippen LogP contribution >= 0.6 is 0 Å². The molecule has 3 nitrogen and oxygen atoms in total. The zero-order valence-corrected chi connectivity index (χ0v) is 13.7. The molecule has 0 spiro atoms. The van der Waals surface area contributed by atoms with Crippen molar-refractivity contribution in [3.63, 3.8) is 0 Å². The molecule has 18 heavy (non-hydrogen) atoms. The molecule has 0 fully saturated rings. The number of ketones is 1. The van der Waals surface area contributed by atoms with Crippen LogP contribution < -0.4 is 0 Å². The maximum absolute atomic E-state index is 11.0. The Morgan fingerprint density at radius 1 is 1.33 bits per heavy atom. The number of carbonyl (C=O) groups is 1. The molecule has 1 heterocycles. The molecular formula is C14H16NO2Y-. The SMILES string of the molecule is CC(=O)[CH-]C1ON=C(c2ccc(C)cc2)C1C.[Y]. The second-order valence-electron chi connectivity index (χ2n) is 4.48. The normalized spacial score (nSPS) is 21.6. The molecule has 4 heteroatoms. The molecular weight excluding hydrogens is 303 g/mol. The largest absolute Gasteiger partial charge is 0.422 e. The van der Waals surface area contributed by atoms with Crippen molar-refractivity contribution in [2.45, 2.75) is 26.9 Å². The van der Waals surface area contributed by atoms with Crippen molar-refractivity contribution in [1.29, 1.82) is 0 Å². The van der Waals surface area contributed by atoms with Crippen LogP contribution in [0.5, 0.6) is 0 Å². The predicted octanol–water partition coefficient (Wildman–Crippen LogP) is 2.52. The quantitative estimate of drug-likeness (QED) is 0.803. The van der Waals surface area contributed by atoms with Gasteiger partial charge >= 0.3 is 0 Å². The maximum Gasteiger partial charge on any atom is 0.0908 e. The van der Waals surface area contributed by atoms with Crippen molar-refractivity contribution in [1.82, 2.24) is 0 Å². The van der Waals surface area contributed by atoms with Crippen LogP contribution in [0.1, 0.15) is 25.0 Å². The van der Waals surface area contributed by atoms with E-state index in [1.807, 2.05) is 38.1 Å². The molecule has 0 saturated carbocycles. The summed E-state index contributed by atoms with van der Waals surface area (Å²) in [4.78, 5) is 16.3. The first-order chi connectivity index (χ1) is 8.08. The van der Waals surface area contributed by atoms with Gasteiger partial charge < -0.3 is 9.63 Å². The summed E-state index contributed by atoms with van der Waals surface area (Å²) < 4.78 is 0. The molecule has 1 aromatic rings. The molecule has 2 atom stereocenters. The van der Waals surface area contributed by atoms with Crippen LogP contribution in [-0.4, -0.2) is 17.6 Å². The molecule has 1 aliphatic heterocycles. The summed E-state index contributed by atoms with van der Waals surface area (Å²) in [6.07, 6.45) is 1.35. The molecule has 1 radical (unpaired) electrons. The van der Waals surface area contributed by atoms with Crippen LogP contribution in [-0.2, 0) is 42.3 Å². The number of rotatable bonds is 3. The minimum Gasteiger partial charge on any atom is -0.422 e. The van der Waals surface area contributed by atoms with Gasteiger partial charge in [-0.25, -0.2) is 0 Å². The fourth-order valence-electron chi connectivity index (χ4n) is 1.89. The number of hydrogen-bond donors (Lipinski definition) is 0. The van der Waals surface area contributed by atoms with E-state index in [-0.39, 0.29) is 50.5 Å². The summed E-state index contributed by atoms with van der Waals surface area (Å²) in [5.41, 5.74) is 3.18. The van der Waals surface area contributed by atoms with Gasteiger partial charge in [-0.1, -0.05) is 41.9 Å². The van der Waals surface area contributed by atoms with Crippen LogP contribution in [0.4, 0.5) is 0 Å². The zero-order chi connectivity index (χ0) is 12.4. The maximum atomic E-state index is 11.0. The average molecular weight is 319 g/mol. The van der Waals surface area contributed by atoms with Gasteiger partial charge in [-0.3, -0.25) is 6.42 Å². The number of aryl methyl sites for hydroxylation is 1. The van der Waals surface area contributed by atoms with Crippen molar-refractivity contribution in [3.8, 4) is 0 Å². The third kappa shape index (κ3) is 3.42. The molecule has 0 aromatic heterocycles. The van der Waals surface area contributed by atoms with Crippen molar-refractivity contribution in [3.05, 3.63) is 41.8 Å². The minimum atomic E-state index is -0.233. The van der Waals surface area contributed by atoms with Crippen molar-refractivity contribution in [2.75, 3.05) is 0 Å². The Balaban J connectivity index is 0.00000162. The summed E-state index contributed by atoms with van der Waals surface area (Å²) in [6, 6.07) is 8.16. The van der Waals surface area contributed by atoms with E-state index in [0.29, 0.717) is 0 Å². The van der Waals surface area contributed by atoms with Crippen LogP contribution in [0.3, 0.4) is 0 Å². The van der Waals surface area contributed by atoms with Crippen molar-refractivity contribution in [2.24, 2.45) is 11.1 Å². The summed E-state index contributed by atoms with van der Waals surface area (Å²) in [7, 11) is 0. The predicted molar refractivity (Wildman–Crippen MR) is 66.7 cm³/mol. The molecule has 93 valence electrons. The second kappa shape index (κ2) is 6.49. The fraction of sp³-hybridized carbons (Fsp3) is 0.357. The third-order valence-electron chi connectivity index (χ3n) is 2.94. The van der Waals surface area contributed by atoms with Gasteiger partial charge in [-0.15, -0.1) is 0 Å². The molecule has 0 bridgehead atoms. The zero-order valence-electron chi connectivity index (χ0n) is 10.9. The number of carbonyl (C=O) groups excluding carboxylic acids is 1. The summed E-state index contributed by atoms with van der Waals surface area (Å²) in [6.45, 7) is 5.60. The molecule has 0 N–H and O–H groups in total. The van der Waals surface area contributed by atoms with Gasteiger partial charge in [-0.2, -0.15) is 0 Å². The Hall–Kier alpha value is -0.666. The molecule has 0 amide bonds. The van der Waals surface area contributed by atoms with E-state index in [2.05, 4.69) is 5.16 Å². The molecule has 0 saturated heterocycles. The smallest absolute Gasteiger partial charge is 0.0908 e. The van der Waals surface area contributed by atoms with E-state index in [9.17, 15) is 4.79 Å². The van der Waals surface area contributed by atoms with E-state index < -0.39 is 0 Å². The van der Waals surface area contributed by atoms with Gasteiger partial charge in [0.1, 0.15) is 0 Å². The van der Waals surface area contributed by atoms with E-state index in [1.165, 1.54) is 12.5 Å². The number of nitrogens with zero attached hydrogens (tertiary/aromatic N) is 1. The van der Waals surface area contributed by atoms with Crippen LogP contribution in [0.15, 0.2) is 29.4 Å². The molecule has 1 aliphatic rings. The summed E-state index contributed by atoms with van der Waals surface area (Å²) in [5.74, 6) is 0.129. The summed E-state index contributed by atoms with van der Waals surface area (Å²) in [5, 5.41) is 4.08. The van der Waals surface area contributed by atoms with Gasteiger partial charge in [0, 0.05) is 44.7 Å². The standard InChI is InChI=1S/C14H16NO2.Y/c1-9-4-6-12(7-5-9)14-11(3)13(17-15-14)8-10(2)16;/h4-8,11,13H,1-3H3;/q-1;. The summed E-state index contributed by atoms with van der Waals surface area (Å²) >= 11 is 0. The monoisotopic (exact) mass is 319 g/mol. The number of hydrogen-bond acceptors (Lipinski definition) is 3. The van der Waals surface area contributed by atoms with Crippen molar-refractivity contribution < 1.29 is 42.3 Å². The van der Waals surface area contributed by atoms with Crippen molar-refractivity contribution >= 4 is 11.5 Å². The Kier molecular flexibility index (Phi) is 5.55. The van der Waals surface area contributed by atoms with Gasteiger partial charge in [0.2, 0.25) is 0 Å². The van der Waals surface area contributed by atoms with E-state index >= 15 is 0 Å². The van der Waals surface area contributed by atoms with E-state index in [0.717, 1.165) is 11.3 Å². The van der Waals surface area contributed by atoms with E-state index in [4.69, 9.17) is 4.84 Å². The van der Waals surface area contributed by atoms with Crippen LogP contribution in [0, 0.1) is 19.3 Å². The number of oxime groups is 1. The first-order valence-electron chi connectivity index (χ1n) is 5.74. The first kappa shape index (κ1) is 15.4. The van der Waals surface area contributed by atoms with Crippen LogP contribution in [0.2, 0.25) is 0 Å². The number of benzene rings is 1. The van der Waals surface area contributed by atoms with Gasteiger partial charge in [-0.05, 0) is 25.2 Å². The topological polar surface area (TPSA) is 38.7 Å². The Morgan fingerprint density at radius 2 is 1.94 bits per heavy atom. The Bertz CT molecular complexity index is 453. The minimum absolute atomic E-state index is 0. The molecule has 2 rings (SSSR count). The molecule has 1 aromatic carbocycles. The first-order valence-corrected chi connectivity index (χ1v) is 5.74. The van der Waals surface area contributed by atoms with Gasteiger partial charge in [0.25, 0.3) is 0 Å². The Labute approximate surface area is 133 Å². The number of Topliss-reactive ketones (excluding diaryl/α,β-unsaturated/α-hetero) is 1. The van der Waals surface area contributed by atoms with Gasteiger partial charge in [0.15, 0.2) is 0 Å². The molecule has 0 aliphatic carbocycles. The third-order valence-corrected chi connectivity index (χ3v) is 2.94. The second-order valence-corrected chi connectivity index (χ2v) is 4.48. The average Bonchev–Trinajstić information content (AvgIpc) is 2.61. The van der Waals surface area contributed by atoms with Gasteiger partial charge in [0.05, 0.1) is 5.71 Å².